The van der Waals surface area contributed by atoms with E-state index in [2.05, 4.69) is 29.2 Å². The lowest BCUT2D eigenvalue weighted by atomic mass is 10.1. The first kappa shape index (κ1) is 16.0. The molecule has 7 heteroatoms. The fourth-order valence-electron chi connectivity index (χ4n) is 2.01. The molecule has 1 atom stereocenters. The normalized spacial score (nSPS) is 12.3. The molecule has 1 N–H and O–H groups in total. The number of hydrogen-bond acceptors (Lipinski definition) is 5. The van der Waals surface area contributed by atoms with Crippen LogP contribution in [-0.2, 0) is 18.3 Å². The van der Waals surface area contributed by atoms with E-state index in [0.29, 0.717) is 6.42 Å². The van der Waals surface area contributed by atoms with Gasteiger partial charge in [-0.25, -0.2) is 4.98 Å². The third-order valence-corrected chi connectivity index (χ3v) is 4.96. The second-order valence-corrected chi connectivity index (χ2v) is 7.06. The highest BCUT2D eigenvalue weighted by Crippen LogP contribution is 2.22. The zero-order valence-electron chi connectivity index (χ0n) is 12.5. The van der Waals surface area contributed by atoms with E-state index in [9.17, 15) is 4.79 Å². The standard InChI is InChI=1S/C14H20N4OS2/c1-4-12(10-7-15-18(3)8-10)17-13(19)6-11-9-21-14(16-11)20-5-2/h7-9,12H,4-6H2,1-3H3,(H,17,19)/t12-/m1/s1. The summed E-state index contributed by atoms with van der Waals surface area (Å²) in [5.74, 6) is 1.00. The zero-order valence-corrected chi connectivity index (χ0v) is 14.1. The van der Waals surface area contributed by atoms with Crippen molar-refractivity contribution >= 4 is 29.0 Å². The Hall–Kier alpha value is -1.34. The van der Waals surface area contributed by atoms with E-state index in [0.717, 1.165) is 27.8 Å². The Balaban J connectivity index is 1.93. The number of carbonyl (C=O) groups excluding carboxylic acids is 1. The summed E-state index contributed by atoms with van der Waals surface area (Å²) in [6.45, 7) is 4.15. The van der Waals surface area contributed by atoms with E-state index in [-0.39, 0.29) is 11.9 Å². The number of aromatic nitrogens is 3. The maximum absolute atomic E-state index is 12.1. The fraction of sp³-hybridized carbons (Fsp3) is 0.500. The average Bonchev–Trinajstić information content (AvgIpc) is 3.06. The molecule has 0 saturated heterocycles. The molecular weight excluding hydrogens is 304 g/mol. The van der Waals surface area contributed by atoms with Crippen molar-refractivity contribution in [3.63, 3.8) is 0 Å². The van der Waals surface area contributed by atoms with E-state index >= 15 is 0 Å². The van der Waals surface area contributed by atoms with Crippen molar-refractivity contribution in [2.75, 3.05) is 5.75 Å². The average molecular weight is 324 g/mol. The van der Waals surface area contributed by atoms with Crippen LogP contribution in [0.5, 0.6) is 0 Å². The summed E-state index contributed by atoms with van der Waals surface area (Å²) in [6, 6.07) is 0.00863. The summed E-state index contributed by atoms with van der Waals surface area (Å²) in [4.78, 5) is 16.6. The van der Waals surface area contributed by atoms with Crippen LogP contribution in [0.1, 0.15) is 37.6 Å². The first-order valence-corrected chi connectivity index (χ1v) is 8.84. The molecule has 5 nitrogen and oxygen atoms in total. The highest BCUT2D eigenvalue weighted by Gasteiger charge is 2.15. The maximum atomic E-state index is 12.1. The Morgan fingerprint density at radius 3 is 2.95 bits per heavy atom. The minimum atomic E-state index is 0.00375. The van der Waals surface area contributed by atoms with Crippen LogP contribution in [0.15, 0.2) is 22.1 Å². The van der Waals surface area contributed by atoms with Crippen LogP contribution in [0.3, 0.4) is 0 Å². The van der Waals surface area contributed by atoms with Crippen LogP contribution in [0.4, 0.5) is 0 Å². The van der Waals surface area contributed by atoms with Gasteiger partial charge in [-0.1, -0.05) is 25.6 Å². The van der Waals surface area contributed by atoms with E-state index in [1.54, 1.807) is 34.0 Å². The lowest BCUT2D eigenvalue weighted by Gasteiger charge is -2.14. The van der Waals surface area contributed by atoms with Crippen LogP contribution in [-0.4, -0.2) is 26.4 Å². The van der Waals surface area contributed by atoms with Crippen molar-refractivity contribution in [2.45, 2.75) is 37.1 Å². The fourth-order valence-corrected chi connectivity index (χ4v) is 3.75. The molecule has 0 fully saturated rings. The Labute approximate surface area is 133 Å². The summed E-state index contributed by atoms with van der Waals surface area (Å²) >= 11 is 3.30. The second-order valence-electron chi connectivity index (χ2n) is 4.69. The number of hydrogen-bond donors (Lipinski definition) is 1. The molecule has 2 heterocycles. The van der Waals surface area contributed by atoms with E-state index in [4.69, 9.17) is 0 Å². The number of nitrogens with zero attached hydrogens (tertiary/aromatic N) is 3. The van der Waals surface area contributed by atoms with Gasteiger partial charge in [0.1, 0.15) is 4.34 Å². The van der Waals surface area contributed by atoms with Gasteiger partial charge in [0.05, 0.1) is 24.4 Å². The number of thioether (sulfide) groups is 1. The number of amides is 1. The van der Waals surface area contributed by atoms with E-state index < -0.39 is 0 Å². The molecule has 1 amide bonds. The molecule has 0 aliphatic heterocycles. The molecule has 114 valence electrons. The van der Waals surface area contributed by atoms with Crippen molar-refractivity contribution in [3.05, 3.63) is 29.0 Å². The molecule has 2 aromatic rings. The minimum Gasteiger partial charge on any atom is -0.349 e. The van der Waals surface area contributed by atoms with Crippen LogP contribution in [0, 0.1) is 0 Å². The lowest BCUT2D eigenvalue weighted by Crippen LogP contribution is -2.29. The molecule has 2 rings (SSSR count). The smallest absolute Gasteiger partial charge is 0.226 e. The highest BCUT2D eigenvalue weighted by atomic mass is 32.2. The molecule has 0 radical (unpaired) electrons. The molecule has 0 aromatic carbocycles. The van der Waals surface area contributed by atoms with Gasteiger partial charge in [0.2, 0.25) is 5.91 Å². The molecule has 21 heavy (non-hydrogen) atoms. The quantitative estimate of drug-likeness (QED) is 0.796. The second kappa shape index (κ2) is 7.61. The van der Waals surface area contributed by atoms with Gasteiger partial charge in [-0.2, -0.15) is 5.10 Å². The summed E-state index contributed by atoms with van der Waals surface area (Å²) < 4.78 is 2.78. The van der Waals surface area contributed by atoms with Crippen molar-refractivity contribution in [1.82, 2.24) is 20.1 Å². The van der Waals surface area contributed by atoms with E-state index in [1.165, 1.54) is 0 Å². The maximum Gasteiger partial charge on any atom is 0.226 e. The van der Waals surface area contributed by atoms with Crippen molar-refractivity contribution in [2.24, 2.45) is 7.05 Å². The number of nitrogens with one attached hydrogen (secondary N) is 1. The first-order valence-electron chi connectivity index (χ1n) is 6.97. The predicted octanol–water partition coefficient (Wildman–Crippen LogP) is 2.80. The molecule has 0 aliphatic rings. The lowest BCUT2D eigenvalue weighted by molar-refractivity contribution is -0.121. The summed E-state index contributed by atoms with van der Waals surface area (Å²) in [5, 5.41) is 9.17. The predicted molar refractivity (Wildman–Crippen MR) is 86.6 cm³/mol. The van der Waals surface area contributed by atoms with Gasteiger partial charge in [-0.05, 0) is 12.2 Å². The van der Waals surface area contributed by atoms with Crippen molar-refractivity contribution < 1.29 is 4.79 Å². The molecule has 0 unspecified atom stereocenters. The molecule has 0 spiro atoms. The van der Waals surface area contributed by atoms with Crippen LogP contribution < -0.4 is 5.32 Å². The van der Waals surface area contributed by atoms with Gasteiger partial charge in [-0.15, -0.1) is 11.3 Å². The third kappa shape index (κ3) is 4.57. The Kier molecular flexibility index (Phi) is 5.81. The summed E-state index contributed by atoms with van der Waals surface area (Å²) in [7, 11) is 1.88. The van der Waals surface area contributed by atoms with Gasteiger partial charge in [0.25, 0.3) is 0 Å². The Morgan fingerprint density at radius 1 is 1.52 bits per heavy atom. The molecular formula is C14H20N4OS2. The molecule has 0 saturated carbocycles. The number of rotatable bonds is 7. The topological polar surface area (TPSA) is 59.8 Å². The van der Waals surface area contributed by atoms with Gasteiger partial charge in [-0.3, -0.25) is 9.48 Å². The van der Waals surface area contributed by atoms with Crippen LogP contribution in [0.2, 0.25) is 0 Å². The Bertz CT molecular complexity index is 593. The Morgan fingerprint density at radius 2 is 2.33 bits per heavy atom. The molecule has 0 aliphatic carbocycles. The zero-order chi connectivity index (χ0) is 15.2. The summed E-state index contributed by atoms with van der Waals surface area (Å²) in [6.07, 6.45) is 4.91. The number of aryl methyl sites for hydroxylation is 1. The number of carbonyl (C=O) groups is 1. The third-order valence-electron chi connectivity index (χ3n) is 3.01. The van der Waals surface area contributed by atoms with Crippen LogP contribution >= 0.6 is 23.1 Å². The van der Waals surface area contributed by atoms with Gasteiger partial charge < -0.3 is 5.32 Å². The molecule has 2 aromatic heterocycles. The van der Waals surface area contributed by atoms with Gasteiger partial charge in [0.15, 0.2) is 0 Å². The van der Waals surface area contributed by atoms with E-state index in [1.807, 2.05) is 18.6 Å². The van der Waals surface area contributed by atoms with Gasteiger partial charge in [0, 0.05) is 24.2 Å². The highest BCUT2D eigenvalue weighted by molar-refractivity contribution is 8.00. The van der Waals surface area contributed by atoms with Gasteiger partial charge >= 0.3 is 0 Å². The number of thiazole rings is 1. The van der Waals surface area contributed by atoms with Crippen molar-refractivity contribution in [1.29, 1.82) is 0 Å². The SMILES string of the molecule is CCSc1nc(CC(=O)N[C@H](CC)c2cnn(C)c2)cs1. The molecule has 0 bridgehead atoms. The van der Waals surface area contributed by atoms with Crippen LogP contribution in [0.25, 0.3) is 0 Å². The monoisotopic (exact) mass is 324 g/mol. The first-order chi connectivity index (χ1) is 10.1. The largest absolute Gasteiger partial charge is 0.349 e. The summed E-state index contributed by atoms with van der Waals surface area (Å²) in [5.41, 5.74) is 1.88. The van der Waals surface area contributed by atoms with Crippen molar-refractivity contribution in [3.8, 4) is 0 Å². The minimum absolute atomic E-state index is 0.00375.